The van der Waals surface area contributed by atoms with Gasteiger partial charge >= 0.3 is 0 Å². The number of pyridine rings is 1. The van der Waals surface area contributed by atoms with E-state index >= 15 is 0 Å². The van der Waals surface area contributed by atoms with Crippen molar-refractivity contribution in [3.63, 3.8) is 0 Å². The van der Waals surface area contributed by atoms with Crippen LogP contribution >= 0.6 is 0 Å². The molecule has 0 fully saturated rings. The minimum absolute atomic E-state index is 0.409. The third-order valence-corrected chi connectivity index (χ3v) is 3.34. The Hall–Kier alpha value is -2.01. The number of anilines is 1. The standard InChI is InChI=1S/C16H22N2O3/c1-11(10-19-2)9-18-16-13-8-15(21-4)14(20-3)7-12(13)5-6-17-16/h5-8,11H,9-10H2,1-4H3,(H,17,18). The number of fused-ring (bicyclic) bond motifs is 1. The van der Waals surface area contributed by atoms with Gasteiger partial charge in [-0.3, -0.25) is 0 Å². The van der Waals surface area contributed by atoms with Gasteiger partial charge in [-0.15, -0.1) is 0 Å². The third-order valence-electron chi connectivity index (χ3n) is 3.34. The SMILES string of the molecule is COCC(C)CNc1nccc2cc(OC)c(OC)cc12. The lowest BCUT2D eigenvalue weighted by atomic mass is 10.1. The third kappa shape index (κ3) is 3.55. The fourth-order valence-corrected chi connectivity index (χ4v) is 2.25. The topological polar surface area (TPSA) is 52.6 Å². The minimum Gasteiger partial charge on any atom is -0.493 e. The van der Waals surface area contributed by atoms with Gasteiger partial charge < -0.3 is 19.5 Å². The maximum absolute atomic E-state index is 5.36. The van der Waals surface area contributed by atoms with Crippen molar-refractivity contribution in [2.24, 2.45) is 5.92 Å². The van der Waals surface area contributed by atoms with Crippen LogP contribution in [0.15, 0.2) is 24.4 Å². The molecule has 114 valence electrons. The van der Waals surface area contributed by atoms with Crippen molar-refractivity contribution >= 4 is 16.6 Å². The molecule has 1 aromatic carbocycles. The second kappa shape index (κ2) is 7.13. The lowest BCUT2D eigenvalue weighted by Crippen LogP contribution is -2.16. The molecule has 0 bridgehead atoms. The van der Waals surface area contributed by atoms with Crippen molar-refractivity contribution in [1.29, 1.82) is 0 Å². The van der Waals surface area contributed by atoms with Crippen molar-refractivity contribution < 1.29 is 14.2 Å². The molecule has 1 aromatic heterocycles. The average molecular weight is 290 g/mol. The van der Waals surface area contributed by atoms with Gasteiger partial charge in [-0.1, -0.05) is 6.92 Å². The van der Waals surface area contributed by atoms with Gasteiger partial charge in [-0.05, 0) is 29.5 Å². The molecule has 0 spiro atoms. The zero-order valence-corrected chi connectivity index (χ0v) is 13.0. The van der Waals surface area contributed by atoms with Crippen molar-refractivity contribution in [2.75, 3.05) is 39.8 Å². The zero-order chi connectivity index (χ0) is 15.2. The first-order valence-corrected chi connectivity index (χ1v) is 6.93. The highest BCUT2D eigenvalue weighted by Gasteiger charge is 2.10. The number of hydrogen-bond acceptors (Lipinski definition) is 5. The number of nitrogens with one attached hydrogen (secondary N) is 1. The molecule has 1 N–H and O–H groups in total. The Balaban J connectivity index is 2.31. The smallest absolute Gasteiger partial charge is 0.161 e. The number of rotatable bonds is 7. The Kier molecular flexibility index (Phi) is 5.22. The van der Waals surface area contributed by atoms with E-state index < -0.39 is 0 Å². The van der Waals surface area contributed by atoms with E-state index in [9.17, 15) is 0 Å². The largest absolute Gasteiger partial charge is 0.493 e. The molecule has 0 saturated heterocycles. The Morgan fingerprint density at radius 2 is 1.86 bits per heavy atom. The first-order chi connectivity index (χ1) is 10.2. The molecule has 0 aliphatic carbocycles. The monoisotopic (exact) mass is 290 g/mol. The first kappa shape index (κ1) is 15.4. The highest BCUT2D eigenvalue weighted by Crippen LogP contribution is 2.34. The Bertz CT molecular complexity index is 601. The maximum atomic E-state index is 5.36. The summed E-state index contributed by atoms with van der Waals surface area (Å²) in [6.07, 6.45) is 1.79. The molecule has 0 saturated carbocycles. The Labute approximate surface area is 125 Å². The second-order valence-corrected chi connectivity index (χ2v) is 5.03. The number of benzene rings is 1. The van der Waals surface area contributed by atoms with Gasteiger partial charge in [0.05, 0.1) is 20.8 Å². The van der Waals surface area contributed by atoms with Crippen LogP contribution in [-0.4, -0.2) is 39.5 Å². The highest BCUT2D eigenvalue weighted by atomic mass is 16.5. The summed E-state index contributed by atoms with van der Waals surface area (Å²) in [6, 6.07) is 5.87. The van der Waals surface area contributed by atoms with Crippen LogP contribution in [0.4, 0.5) is 5.82 Å². The molecule has 1 atom stereocenters. The van der Waals surface area contributed by atoms with E-state index in [1.165, 1.54) is 0 Å². The van der Waals surface area contributed by atoms with E-state index in [1.807, 2.05) is 18.2 Å². The molecular formula is C16H22N2O3. The fraction of sp³-hybridized carbons (Fsp3) is 0.438. The van der Waals surface area contributed by atoms with Gasteiger partial charge in [0.1, 0.15) is 5.82 Å². The molecule has 1 unspecified atom stereocenters. The minimum atomic E-state index is 0.409. The van der Waals surface area contributed by atoms with Crippen molar-refractivity contribution in [2.45, 2.75) is 6.92 Å². The molecule has 2 aromatic rings. The zero-order valence-electron chi connectivity index (χ0n) is 13.0. The maximum Gasteiger partial charge on any atom is 0.161 e. The van der Waals surface area contributed by atoms with E-state index in [4.69, 9.17) is 14.2 Å². The quantitative estimate of drug-likeness (QED) is 0.849. The van der Waals surface area contributed by atoms with E-state index in [2.05, 4.69) is 17.2 Å². The van der Waals surface area contributed by atoms with Crippen molar-refractivity contribution in [1.82, 2.24) is 4.98 Å². The van der Waals surface area contributed by atoms with Crippen LogP contribution < -0.4 is 14.8 Å². The second-order valence-electron chi connectivity index (χ2n) is 5.03. The summed E-state index contributed by atoms with van der Waals surface area (Å²) in [7, 11) is 4.98. The molecule has 5 nitrogen and oxygen atoms in total. The number of aromatic nitrogens is 1. The predicted molar refractivity (Wildman–Crippen MR) is 84.4 cm³/mol. The Morgan fingerprint density at radius 3 is 2.52 bits per heavy atom. The summed E-state index contributed by atoms with van der Waals surface area (Å²) in [5.74, 6) is 2.67. The van der Waals surface area contributed by atoms with Crippen LogP contribution in [0.2, 0.25) is 0 Å². The van der Waals surface area contributed by atoms with E-state index in [1.54, 1.807) is 27.5 Å². The normalized spacial score (nSPS) is 12.2. The van der Waals surface area contributed by atoms with Crippen LogP contribution in [0.3, 0.4) is 0 Å². The van der Waals surface area contributed by atoms with E-state index in [0.29, 0.717) is 11.7 Å². The summed E-state index contributed by atoms with van der Waals surface area (Å²) in [5, 5.41) is 5.45. The van der Waals surface area contributed by atoms with Crippen LogP contribution in [0, 0.1) is 5.92 Å². The van der Waals surface area contributed by atoms with Gasteiger partial charge in [0, 0.05) is 25.2 Å². The first-order valence-electron chi connectivity index (χ1n) is 6.93. The molecule has 0 amide bonds. The van der Waals surface area contributed by atoms with Crippen LogP contribution in [0.25, 0.3) is 10.8 Å². The van der Waals surface area contributed by atoms with Gasteiger partial charge in [-0.2, -0.15) is 0 Å². The van der Waals surface area contributed by atoms with Crippen LogP contribution in [0.1, 0.15) is 6.92 Å². The predicted octanol–water partition coefficient (Wildman–Crippen LogP) is 2.95. The van der Waals surface area contributed by atoms with Crippen LogP contribution in [-0.2, 0) is 4.74 Å². The lowest BCUT2D eigenvalue weighted by Gasteiger charge is -2.15. The number of ether oxygens (including phenoxy) is 3. The summed E-state index contributed by atoms with van der Waals surface area (Å²) in [4.78, 5) is 4.42. The molecule has 1 heterocycles. The van der Waals surface area contributed by atoms with Gasteiger partial charge in [0.2, 0.25) is 0 Å². The molecule has 21 heavy (non-hydrogen) atoms. The summed E-state index contributed by atoms with van der Waals surface area (Å²) < 4.78 is 15.8. The van der Waals surface area contributed by atoms with Gasteiger partial charge in [0.15, 0.2) is 11.5 Å². The van der Waals surface area contributed by atoms with E-state index in [0.717, 1.165) is 35.5 Å². The average Bonchev–Trinajstić information content (AvgIpc) is 2.51. The van der Waals surface area contributed by atoms with Gasteiger partial charge in [0.25, 0.3) is 0 Å². The number of methoxy groups -OCH3 is 3. The molecule has 2 rings (SSSR count). The Morgan fingerprint density at radius 1 is 1.14 bits per heavy atom. The van der Waals surface area contributed by atoms with Crippen molar-refractivity contribution in [3.05, 3.63) is 24.4 Å². The molecule has 0 radical (unpaired) electrons. The number of hydrogen-bond donors (Lipinski definition) is 1. The summed E-state index contributed by atoms with van der Waals surface area (Å²) >= 11 is 0. The lowest BCUT2D eigenvalue weighted by molar-refractivity contribution is 0.164. The number of nitrogens with zero attached hydrogens (tertiary/aromatic N) is 1. The molecule has 0 aliphatic heterocycles. The van der Waals surface area contributed by atoms with Crippen molar-refractivity contribution in [3.8, 4) is 11.5 Å². The highest BCUT2D eigenvalue weighted by molar-refractivity contribution is 5.94. The summed E-state index contributed by atoms with van der Waals surface area (Å²) in [6.45, 7) is 3.65. The molecule has 0 aliphatic rings. The van der Waals surface area contributed by atoms with Gasteiger partial charge in [-0.25, -0.2) is 4.98 Å². The summed E-state index contributed by atoms with van der Waals surface area (Å²) in [5.41, 5.74) is 0. The van der Waals surface area contributed by atoms with Crippen LogP contribution in [0.5, 0.6) is 11.5 Å². The fourth-order valence-electron chi connectivity index (χ4n) is 2.25. The van der Waals surface area contributed by atoms with E-state index in [-0.39, 0.29) is 0 Å². The molecular weight excluding hydrogens is 268 g/mol. The molecule has 5 heteroatoms.